The SMILES string of the molecule is c1ccc(-c2cccc3c2sc2c(-n4c5ccccc5c5cc6c(cc54)c4c(nc(-c5ccccc5)n4-c4ccccc4)n6-c4ccccc4)cccc23)cc1. The van der Waals surface area contributed by atoms with E-state index in [1.54, 1.807) is 0 Å². The van der Waals surface area contributed by atoms with Gasteiger partial charge in [-0.3, -0.25) is 9.13 Å². The molecule has 0 spiro atoms. The van der Waals surface area contributed by atoms with Crippen molar-refractivity contribution >= 4 is 75.4 Å². The summed E-state index contributed by atoms with van der Waals surface area (Å²) in [7, 11) is 0. The van der Waals surface area contributed by atoms with Gasteiger partial charge in [0.1, 0.15) is 11.3 Å². The zero-order valence-corrected chi connectivity index (χ0v) is 31.0. The predicted octanol–water partition coefficient (Wildman–Crippen LogP) is 13.8. The first-order valence-corrected chi connectivity index (χ1v) is 19.8. The normalized spacial score (nSPS) is 11.9. The summed E-state index contributed by atoms with van der Waals surface area (Å²) in [5.74, 6) is 0.915. The molecular weight excluding hydrogens is 701 g/mol. The van der Waals surface area contributed by atoms with Crippen molar-refractivity contribution < 1.29 is 0 Å². The van der Waals surface area contributed by atoms with Crippen LogP contribution < -0.4 is 0 Å². The van der Waals surface area contributed by atoms with E-state index in [1.165, 1.54) is 58.8 Å². The molecule has 0 aliphatic heterocycles. The van der Waals surface area contributed by atoms with Gasteiger partial charge < -0.3 is 4.57 Å². The Kier molecular flexibility index (Phi) is 6.76. The van der Waals surface area contributed by atoms with Gasteiger partial charge in [-0.1, -0.05) is 146 Å². The lowest BCUT2D eigenvalue weighted by molar-refractivity contribution is 1.10. The highest BCUT2D eigenvalue weighted by atomic mass is 32.1. The first-order valence-electron chi connectivity index (χ1n) is 19.0. The summed E-state index contributed by atoms with van der Waals surface area (Å²) in [5.41, 5.74) is 12.4. The zero-order chi connectivity index (χ0) is 36.7. The van der Waals surface area contributed by atoms with E-state index in [0.29, 0.717) is 0 Å². The van der Waals surface area contributed by atoms with Crippen LogP contribution in [0.4, 0.5) is 0 Å². The van der Waals surface area contributed by atoms with Crippen molar-refractivity contribution in [1.82, 2.24) is 18.7 Å². The van der Waals surface area contributed by atoms with Crippen molar-refractivity contribution in [3.05, 3.63) is 194 Å². The molecule has 12 aromatic rings. The molecule has 0 unspecified atom stereocenters. The molecular formula is C51H32N4S. The van der Waals surface area contributed by atoms with Crippen LogP contribution in [0.1, 0.15) is 0 Å². The van der Waals surface area contributed by atoms with Crippen LogP contribution in [-0.2, 0) is 0 Å². The monoisotopic (exact) mass is 732 g/mol. The second kappa shape index (κ2) is 12.2. The summed E-state index contributed by atoms with van der Waals surface area (Å²) in [6, 6.07) is 69.8. The third kappa shape index (κ3) is 4.49. The predicted molar refractivity (Wildman–Crippen MR) is 236 cm³/mol. The first-order chi connectivity index (χ1) is 27.8. The summed E-state index contributed by atoms with van der Waals surface area (Å²) in [6.07, 6.45) is 0. The van der Waals surface area contributed by atoms with Gasteiger partial charge >= 0.3 is 0 Å². The molecule has 12 rings (SSSR count). The summed E-state index contributed by atoms with van der Waals surface area (Å²) in [4.78, 5) is 5.51. The first kappa shape index (κ1) is 31.2. The van der Waals surface area contributed by atoms with Gasteiger partial charge in [-0.15, -0.1) is 11.3 Å². The van der Waals surface area contributed by atoms with Crippen LogP contribution >= 0.6 is 11.3 Å². The van der Waals surface area contributed by atoms with Crippen LogP contribution in [0.15, 0.2) is 194 Å². The Morgan fingerprint density at radius 2 is 0.929 bits per heavy atom. The van der Waals surface area contributed by atoms with E-state index in [0.717, 1.165) is 44.8 Å². The summed E-state index contributed by atoms with van der Waals surface area (Å²) >= 11 is 1.89. The zero-order valence-electron chi connectivity index (χ0n) is 30.2. The number of hydrogen-bond acceptors (Lipinski definition) is 2. The number of hydrogen-bond donors (Lipinski definition) is 0. The Morgan fingerprint density at radius 3 is 1.66 bits per heavy atom. The van der Waals surface area contributed by atoms with Crippen LogP contribution in [0.25, 0.3) is 104 Å². The van der Waals surface area contributed by atoms with Crippen molar-refractivity contribution in [3.63, 3.8) is 0 Å². The van der Waals surface area contributed by atoms with E-state index >= 15 is 0 Å². The lowest BCUT2D eigenvalue weighted by atomic mass is 10.0. The van der Waals surface area contributed by atoms with E-state index in [-0.39, 0.29) is 0 Å². The number of thiophene rings is 1. The summed E-state index contributed by atoms with van der Waals surface area (Å²) < 4.78 is 9.78. The quantitative estimate of drug-likeness (QED) is 0.173. The average molecular weight is 733 g/mol. The fourth-order valence-corrected chi connectivity index (χ4v) is 10.2. The van der Waals surface area contributed by atoms with E-state index in [1.807, 2.05) is 11.3 Å². The molecule has 0 radical (unpaired) electrons. The van der Waals surface area contributed by atoms with Gasteiger partial charge in [0.15, 0.2) is 5.65 Å². The van der Waals surface area contributed by atoms with Crippen molar-refractivity contribution in [2.75, 3.05) is 0 Å². The van der Waals surface area contributed by atoms with Crippen molar-refractivity contribution in [2.45, 2.75) is 0 Å². The van der Waals surface area contributed by atoms with Gasteiger partial charge in [0.2, 0.25) is 0 Å². The minimum absolute atomic E-state index is 0.915. The fraction of sp³-hybridized carbons (Fsp3) is 0. The van der Waals surface area contributed by atoms with Gasteiger partial charge in [-0.25, -0.2) is 4.98 Å². The number of fused-ring (bicyclic) bond motifs is 9. The Labute approximate surface area is 326 Å². The lowest BCUT2D eigenvalue weighted by Gasteiger charge is -2.11. The Balaban J connectivity index is 1.23. The molecule has 0 saturated heterocycles. The molecule has 0 aliphatic carbocycles. The molecule has 5 heteroatoms. The topological polar surface area (TPSA) is 27.7 Å². The van der Waals surface area contributed by atoms with Crippen molar-refractivity contribution in [2.24, 2.45) is 0 Å². The highest BCUT2D eigenvalue weighted by molar-refractivity contribution is 7.26. The molecule has 4 nitrogen and oxygen atoms in total. The highest BCUT2D eigenvalue weighted by Crippen LogP contribution is 2.46. The molecule has 56 heavy (non-hydrogen) atoms. The van der Waals surface area contributed by atoms with Crippen molar-refractivity contribution in [1.29, 1.82) is 0 Å². The van der Waals surface area contributed by atoms with Crippen molar-refractivity contribution in [3.8, 4) is 39.6 Å². The summed E-state index contributed by atoms with van der Waals surface area (Å²) in [5, 5.41) is 6.15. The summed E-state index contributed by atoms with van der Waals surface area (Å²) in [6.45, 7) is 0. The van der Waals surface area contributed by atoms with Crippen LogP contribution in [0.5, 0.6) is 0 Å². The lowest BCUT2D eigenvalue weighted by Crippen LogP contribution is -1.98. The molecule has 0 saturated carbocycles. The molecule has 8 aromatic carbocycles. The molecule has 0 atom stereocenters. The van der Waals surface area contributed by atoms with Crippen LogP contribution in [0.2, 0.25) is 0 Å². The third-order valence-corrected chi connectivity index (χ3v) is 12.5. The molecule has 0 bridgehead atoms. The highest BCUT2D eigenvalue weighted by Gasteiger charge is 2.26. The van der Waals surface area contributed by atoms with Gasteiger partial charge in [0.05, 0.1) is 26.9 Å². The van der Waals surface area contributed by atoms with Gasteiger partial charge in [0.25, 0.3) is 0 Å². The second-order valence-electron chi connectivity index (χ2n) is 14.4. The molecule has 4 aromatic heterocycles. The average Bonchev–Trinajstić information content (AvgIpc) is 4.01. The minimum Gasteiger partial charge on any atom is -0.308 e. The Bertz CT molecular complexity index is 3450. The molecule has 0 N–H and O–H groups in total. The smallest absolute Gasteiger partial charge is 0.165 e. The van der Waals surface area contributed by atoms with Crippen LogP contribution in [0.3, 0.4) is 0 Å². The largest absolute Gasteiger partial charge is 0.308 e. The number of para-hydroxylation sites is 3. The maximum absolute atomic E-state index is 5.51. The number of rotatable bonds is 5. The number of benzene rings is 8. The Morgan fingerprint density at radius 1 is 0.375 bits per heavy atom. The van der Waals surface area contributed by atoms with Gasteiger partial charge in [-0.05, 0) is 59.7 Å². The van der Waals surface area contributed by atoms with Gasteiger partial charge in [0, 0.05) is 48.6 Å². The molecule has 262 valence electrons. The molecule has 0 aliphatic rings. The third-order valence-electron chi connectivity index (χ3n) is 11.2. The number of nitrogens with zero attached hydrogens (tertiary/aromatic N) is 4. The maximum atomic E-state index is 5.51. The minimum atomic E-state index is 0.915. The van der Waals surface area contributed by atoms with E-state index in [4.69, 9.17) is 4.98 Å². The molecule has 0 amide bonds. The standard InChI is InChI=1S/C51H32N4S/c1-5-17-33(18-6-1)37-26-15-27-39-40-28-16-30-44(49(40)56-48(37)39)55-43-29-14-13-25-38(43)41-31-46-42(32-45(41)55)47-51(53(46)35-21-9-3-10-22-35)52-50(34-19-7-2-8-20-34)54(47)36-23-11-4-12-24-36/h1-32H. The Hall–Kier alpha value is -7.21. The maximum Gasteiger partial charge on any atom is 0.165 e. The van der Waals surface area contributed by atoms with E-state index in [2.05, 4.69) is 208 Å². The molecule has 0 fully saturated rings. The number of aromatic nitrogens is 4. The van der Waals surface area contributed by atoms with E-state index < -0.39 is 0 Å². The fourth-order valence-electron chi connectivity index (χ4n) is 8.83. The second-order valence-corrected chi connectivity index (χ2v) is 15.4. The molecule has 4 heterocycles. The van der Waals surface area contributed by atoms with Gasteiger partial charge in [-0.2, -0.15) is 0 Å². The van der Waals surface area contributed by atoms with Crippen LogP contribution in [0, 0.1) is 0 Å². The number of imidazole rings is 1. The van der Waals surface area contributed by atoms with E-state index in [9.17, 15) is 0 Å². The van der Waals surface area contributed by atoms with Crippen LogP contribution in [-0.4, -0.2) is 18.7 Å².